The van der Waals surface area contributed by atoms with Crippen LogP contribution in [0.4, 0.5) is 0 Å². The summed E-state index contributed by atoms with van der Waals surface area (Å²) in [7, 11) is 0. The molecule has 0 spiro atoms. The molecule has 5 atom stereocenters. The average Bonchev–Trinajstić information content (AvgIpc) is 3.90. The molecule has 0 bridgehead atoms. The Morgan fingerprint density at radius 3 is 1.80 bits per heavy atom. The van der Waals surface area contributed by atoms with Gasteiger partial charge in [0.1, 0.15) is 0 Å². The predicted octanol–water partition coefficient (Wildman–Crippen LogP) is 7.24. The van der Waals surface area contributed by atoms with Gasteiger partial charge in [0.05, 0.1) is 0 Å². The second kappa shape index (κ2) is 17.4. The number of hydrogen-bond donors (Lipinski definition) is 0. The van der Waals surface area contributed by atoms with Crippen LogP contribution in [0.1, 0.15) is 88.0 Å². The molecule has 0 aliphatic heterocycles. The van der Waals surface area contributed by atoms with E-state index in [4.69, 9.17) is 0 Å². The fourth-order valence-electron chi connectivity index (χ4n) is 10.2. The van der Waals surface area contributed by atoms with Crippen molar-refractivity contribution in [1.29, 1.82) is 0 Å². The molecular weight excluding hydrogens is 862 g/mol. The maximum atomic E-state index is 2.51. The van der Waals surface area contributed by atoms with Crippen LogP contribution in [0.2, 0.25) is 0 Å². The smallest absolute Gasteiger partial charge is 0.172 e. The van der Waals surface area contributed by atoms with E-state index < -0.39 is 0 Å². The standard InChI is InChI=1S/C25H33.C21H14.C5H5.2ClH.Hf/c1-15-13-21-19-11-7-8-12-20(19)24-18-10-6-5-9-17(18)14-22(24)23(21)16(2)25(15,3)4;1-3-7-20-14-16(9-11-18(20)5-1)13-17-10-12-19-6-2-4-8-21(19)15-17;1-2-4-5-3-1;;;/h5-6,9-10,15,19-21,24H,7-8,11-14H2,1-4H3;1-12,14-15H;1-5H;2*1H;/q-1;;-1;;;+2/p-2. The summed E-state index contributed by atoms with van der Waals surface area (Å²) in [4.78, 5) is 0. The topological polar surface area (TPSA) is 0 Å². The maximum absolute atomic E-state index is 2.51. The largest absolute Gasteiger partial charge is 0.214 e. The van der Waals surface area contributed by atoms with Crippen molar-refractivity contribution < 1.29 is 48.7 Å². The minimum absolute atomic E-state index is 0. The summed E-state index contributed by atoms with van der Waals surface area (Å²) in [5.74, 6) is 6.00. The molecule has 0 aromatic heterocycles. The van der Waals surface area contributed by atoms with Crippen molar-refractivity contribution in [2.24, 2.45) is 29.1 Å². The number of fused-ring (bicyclic) bond motifs is 9. The fourth-order valence-corrected chi connectivity index (χ4v) is 11.3. The first-order valence-corrected chi connectivity index (χ1v) is 21.5. The third-order valence-corrected chi connectivity index (χ3v) is 15.6. The Morgan fingerprint density at radius 1 is 0.685 bits per heavy atom. The van der Waals surface area contributed by atoms with Crippen molar-refractivity contribution in [2.75, 3.05) is 0 Å². The summed E-state index contributed by atoms with van der Waals surface area (Å²) in [6.45, 7) is 9.99. The van der Waals surface area contributed by atoms with Crippen LogP contribution in [-0.4, -0.2) is 3.26 Å². The van der Waals surface area contributed by atoms with E-state index in [1.165, 1.54) is 74.5 Å². The van der Waals surface area contributed by atoms with Gasteiger partial charge in [-0.1, -0.05) is 99.1 Å². The van der Waals surface area contributed by atoms with Crippen molar-refractivity contribution in [3.8, 4) is 0 Å². The van der Waals surface area contributed by atoms with Gasteiger partial charge in [0.2, 0.25) is 0 Å². The minimum atomic E-state index is 0. The molecule has 0 nitrogen and oxygen atoms in total. The molecule has 276 valence electrons. The molecule has 0 N–H and O–H groups in total. The van der Waals surface area contributed by atoms with E-state index in [1.807, 2.05) is 41.5 Å². The number of rotatable bonds is 2. The zero-order valence-corrected chi connectivity index (χ0v) is 37.3. The number of hydrogen-bond acceptors (Lipinski definition) is 0. The van der Waals surface area contributed by atoms with E-state index in [9.17, 15) is 0 Å². The van der Waals surface area contributed by atoms with Crippen LogP contribution in [-0.2, 0) is 30.3 Å². The first-order valence-electron chi connectivity index (χ1n) is 19.7. The van der Waals surface area contributed by atoms with Gasteiger partial charge in [-0.05, 0) is 30.6 Å². The summed E-state index contributed by atoms with van der Waals surface area (Å²) in [5, 5.41) is 5.24. The second-order valence-electron chi connectivity index (χ2n) is 16.5. The summed E-state index contributed by atoms with van der Waals surface area (Å²) in [6.07, 6.45) is 8.52. The van der Waals surface area contributed by atoms with Crippen molar-refractivity contribution in [1.82, 2.24) is 0 Å². The molecule has 4 aliphatic rings. The zero-order valence-electron chi connectivity index (χ0n) is 32.2. The maximum Gasteiger partial charge on any atom is -0.172 e. The Hall–Kier alpha value is -3.10. The molecule has 0 saturated heterocycles. The van der Waals surface area contributed by atoms with Gasteiger partial charge >= 0.3 is 145 Å². The molecule has 0 heterocycles. The monoisotopic (exact) mass is 914 g/mol. The number of benzene rings is 5. The third-order valence-electron chi connectivity index (χ3n) is 13.5. The van der Waals surface area contributed by atoms with Crippen molar-refractivity contribution in [2.45, 2.75) is 72.1 Å². The van der Waals surface area contributed by atoms with E-state index in [1.54, 1.807) is 17.0 Å². The zero-order chi connectivity index (χ0) is 35.8. The molecule has 0 amide bonds. The molecule has 3 heteroatoms. The van der Waals surface area contributed by atoms with E-state index in [2.05, 4.69) is 137 Å². The van der Waals surface area contributed by atoms with Gasteiger partial charge in [0.25, 0.3) is 0 Å². The molecule has 10 rings (SSSR count). The summed E-state index contributed by atoms with van der Waals surface area (Å²) < 4.78 is 1.46. The van der Waals surface area contributed by atoms with Crippen LogP contribution in [0, 0.1) is 35.0 Å². The molecule has 4 aliphatic carbocycles. The Balaban J connectivity index is 0.000000159. The van der Waals surface area contributed by atoms with Crippen molar-refractivity contribution in [3.63, 3.8) is 0 Å². The van der Waals surface area contributed by atoms with Gasteiger partial charge in [0.15, 0.2) is 0 Å². The Labute approximate surface area is 351 Å². The van der Waals surface area contributed by atoms with E-state index >= 15 is 0 Å². The number of allylic oxidation sites excluding steroid dienone is 2. The first kappa shape index (κ1) is 40.6. The molecule has 6 aromatic rings. The van der Waals surface area contributed by atoms with Gasteiger partial charge in [-0.25, -0.2) is 29.2 Å². The van der Waals surface area contributed by atoms with Crippen LogP contribution >= 0.6 is 0 Å². The molecule has 6 aromatic carbocycles. The Morgan fingerprint density at radius 2 is 1.22 bits per heavy atom. The van der Waals surface area contributed by atoms with E-state index in [-0.39, 0.29) is 24.8 Å². The Kier molecular flexibility index (Phi) is 13.0. The third kappa shape index (κ3) is 7.80. The normalized spacial score (nSPS) is 23.1. The van der Waals surface area contributed by atoms with E-state index in [0.29, 0.717) is 5.41 Å². The van der Waals surface area contributed by atoms with Gasteiger partial charge in [-0.3, -0.25) is 0 Å². The van der Waals surface area contributed by atoms with Gasteiger partial charge in [-0.15, -0.1) is 6.92 Å². The van der Waals surface area contributed by atoms with Crippen LogP contribution < -0.4 is 24.8 Å². The van der Waals surface area contributed by atoms with E-state index in [0.717, 1.165) is 53.5 Å². The van der Waals surface area contributed by atoms with Crippen LogP contribution in [0.3, 0.4) is 0 Å². The predicted molar refractivity (Wildman–Crippen MR) is 218 cm³/mol. The SMILES string of the molecule is C[C-]1C2=C3Cc4ccccc4C3C3CCCCC3C2CC(C)C1(C)C.[Cl-].[Cl-].[Hf+2]=[C](c1ccc2ccccc2c1)c1ccc2ccccc2c1.c1cc[cH-]c1. The van der Waals surface area contributed by atoms with Crippen molar-refractivity contribution in [3.05, 3.63) is 179 Å². The molecule has 54 heavy (non-hydrogen) atoms. The van der Waals surface area contributed by atoms with Crippen LogP contribution in [0.5, 0.6) is 0 Å². The van der Waals surface area contributed by atoms with Crippen LogP contribution in [0.15, 0.2) is 151 Å². The molecule has 5 unspecified atom stereocenters. The second-order valence-corrected chi connectivity index (χ2v) is 18.3. The Bertz CT molecular complexity index is 2130. The van der Waals surface area contributed by atoms with Crippen LogP contribution in [0.25, 0.3) is 21.5 Å². The molecular formula is C51H52Cl2Hf-2. The minimum Gasteiger partial charge on any atom is -0.214 e. The quantitative estimate of drug-likeness (QED) is 0.127. The molecule has 2 fully saturated rings. The first-order chi connectivity index (χ1) is 25.3. The fraction of sp³-hybridized carbons (Fsp3) is 0.314. The summed E-state index contributed by atoms with van der Waals surface area (Å²) in [5.41, 5.74) is 10.0. The molecule has 0 radical (unpaired) electrons. The molecule has 2 saturated carbocycles. The van der Waals surface area contributed by atoms with Gasteiger partial charge < -0.3 is 24.8 Å². The van der Waals surface area contributed by atoms with Gasteiger partial charge in [-0.2, -0.15) is 18.2 Å². The summed E-state index contributed by atoms with van der Waals surface area (Å²) >= 11 is 1.03. The van der Waals surface area contributed by atoms with Crippen molar-refractivity contribution >= 4 is 24.8 Å². The summed E-state index contributed by atoms with van der Waals surface area (Å²) in [6, 6.07) is 50.1. The number of halogens is 2. The average molecular weight is 914 g/mol. The van der Waals surface area contributed by atoms with Gasteiger partial charge in [0, 0.05) is 0 Å².